The Balaban J connectivity index is 0. The van der Waals surface area contributed by atoms with Crippen molar-refractivity contribution in [3.63, 3.8) is 0 Å². The zero-order valence-corrected chi connectivity index (χ0v) is 15.6. The topological polar surface area (TPSA) is 57.0 Å². The molecular formula is C19H33N3O. The summed E-state index contributed by atoms with van der Waals surface area (Å²) in [7, 11) is 0. The minimum Gasteiger partial charge on any atom is -0.394 e. The third-order valence-electron chi connectivity index (χ3n) is 2.65. The standard InChI is InChI=1S/C17H27N3O.C2H6/c1-6-9-16(8-3)14(4)13-20-15(5)17(18-10-7-2)19-11-12-21;1-2/h7-10,13,21H,3,6,11-12H2,1-2,4-5H3,(H,18,19);1-2H3/b10-7-,14-13+,16-9+,20-15?;. The maximum atomic E-state index is 8.88. The van der Waals surface area contributed by atoms with E-state index < -0.39 is 0 Å². The van der Waals surface area contributed by atoms with Crippen LogP contribution in [0.3, 0.4) is 0 Å². The lowest BCUT2D eigenvalue weighted by Gasteiger charge is -2.06. The molecule has 2 N–H and O–H groups in total. The van der Waals surface area contributed by atoms with Crippen LogP contribution in [0.15, 0.2) is 58.3 Å². The molecule has 0 fully saturated rings. The van der Waals surface area contributed by atoms with E-state index in [4.69, 9.17) is 5.11 Å². The van der Waals surface area contributed by atoms with E-state index in [9.17, 15) is 0 Å². The van der Waals surface area contributed by atoms with Gasteiger partial charge in [-0.25, -0.2) is 0 Å². The highest BCUT2D eigenvalue weighted by molar-refractivity contribution is 6.40. The summed E-state index contributed by atoms with van der Waals surface area (Å²) in [5.41, 5.74) is 2.91. The molecule has 4 heteroatoms. The first-order valence-corrected chi connectivity index (χ1v) is 8.18. The van der Waals surface area contributed by atoms with Crippen LogP contribution in [0.2, 0.25) is 0 Å². The predicted molar refractivity (Wildman–Crippen MR) is 104 cm³/mol. The summed E-state index contributed by atoms with van der Waals surface area (Å²) in [6.45, 7) is 16.1. The van der Waals surface area contributed by atoms with Crippen LogP contribution in [0.5, 0.6) is 0 Å². The second-order valence-corrected chi connectivity index (χ2v) is 4.40. The minimum atomic E-state index is 0.0169. The number of amidine groups is 1. The van der Waals surface area contributed by atoms with Crippen LogP contribution in [-0.2, 0) is 0 Å². The molecule has 0 heterocycles. The molecule has 0 amide bonds. The zero-order valence-electron chi connectivity index (χ0n) is 15.6. The van der Waals surface area contributed by atoms with E-state index in [1.165, 1.54) is 0 Å². The third kappa shape index (κ3) is 11.3. The van der Waals surface area contributed by atoms with Gasteiger partial charge in [-0.05, 0) is 44.5 Å². The van der Waals surface area contributed by atoms with E-state index in [2.05, 4.69) is 34.9 Å². The smallest absolute Gasteiger partial charge is 0.146 e. The van der Waals surface area contributed by atoms with Crippen molar-refractivity contribution >= 4 is 11.5 Å². The van der Waals surface area contributed by atoms with Crippen LogP contribution in [0.4, 0.5) is 0 Å². The van der Waals surface area contributed by atoms with Crippen molar-refractivity contribution in [3.8, 4) is 0 Å². The lowest BCUT2D eigenvalue weighted by Crippen LogP contribution is -2.26. The Morgan fingerprint density at radius 2 is 1.91 bits per heavy atom. The monoisotopic (exact) mass is 319 g/mol. The number of hydrogen-bond donors (Lipinski definition) is 2. The fourth-order valence-corrected chi connectivity index (χ4v) is 1.54. The molecule has 0 aromatic rings. The lowest BCUT2D eigenvalue weighted by molar-refractivity contribution is 0.307. The average Bonchev–Trinajstić information content (AvgIpc) is 2.59. The summed E-state index contributed by atoms with van der Waals surface area (Å²) >= 11 is 0. The second kappa shape index (κ2) is 16.4. The molecule has 0 radical (unpaired) electrons. The Morgan fingerprint density at radius 1 is 1.26 bits per heavy atom. The Labute approximate surface area is 142 Å². The number of aliphatic hydroxyl groups is 1. The van der Waals surface area contributed by atoms with Gasteiger partial charge in [0.25, 0.3) is 0 Å². The van der Waals surface area contributed by atoms with Gasteiger partial charge in [-0.1, -0.05) is 45.6 Å². The van der Waals surface area contributed by atoms with Crippen LogP contribution >= 0.6 is 0 Å². The fourth-order valence-electron chi connectivity index (χ4n) is 1.54. The minimum absolute atomic E-state index is 0.0169. The molecule has 0 atom stereocenters. The predicted octanol–water partition coefficient (Wildman–Crippen LogP) is 4.41. The summed E-state index contributed by atoms with van der Waals surface area (Å²) in [6.07, 6.45) is 10.4. The van der Waals surface area contributed by atoms with Crippen LogP contribution in [-0.4, -0.2) is 29.8 Å². The molecule has 0 bridgehead atoms. The Kier molecular flexibility index (Phi) is 16.7. The van der Waals surface area contributed by atoms with E-state index >= 15 is 0 Å². The SMILES string of the molecule is C=CC(=C\CC)/C(C)=C/N=C(C)C(=NCCO)N/C=C\C.CC. The maximum absolute atomic E-state index is 8.88. The first-order chi connectivity index (χ1) is 11.1. The highest BCUT2D eigenvalue weighted by atomic mass is 16.3. The average molecular weight is 319 g/mol. The van der Waals surface area contributed by atoms with E-state index in [-0.39, 0.29) is 6.61 Å². The quantitative estimate of drug-likeness (QED) is 0.395. The number of hydrogen-bond acceptors (Lipinski definition) is 3. The molecular weight excluding hydrogens is 286 g/mol. The van der Waals surface area contributed by atoms with Gasteiger partial charge in [0, 0.05) is 6.20 Å². The van der Waals surface area contributed by atoms with Gasteiger partial charge in [0.05, 0.1) is 18.9 Å². The number of rotatable bonds is 8. The zero-order chi connectivity index (χ0) is 18.1. The molecule has 0 rings (SSSR count). The van der Waals surface area contributed by atoms with Crippen molar-refractivity contribution in [2.45, 2.75) is 48.0 Å². The second-order valence-electron chi connectivity index (χ2n) is 4.40. The normalized spacial score (nSPS) is 13.7. The third-order valence-corrected chi connectivity index (χ3v) is 2.65. The highest BCUT2D eigenvalue weighted by Crippen LogP contribution is 2.11. The summed E-state index contributed by atoms with van der Waals surface area (Å²) in [6, 6.07) is 0. The Bertz CT molecular complexity index is 469. The van der Waals surface area contributed by atoms with Crippen LogP contribution in [0.25, 0.3) is 0 Å². The molecule has 0 aliphatic rings. The van der Waals surface area contributed by atoms with Gasteiger partial charge in [0.15, 0.2) is 0 Å². The number of aliphatic imine (C=N–C) groups is 2. The highest BCUT2D eigenvalue weighted by Gasteiger charge is 2.01. The molecule has 0 aliphatic heterocycles. The van der Waals surface area contributed by atoms with Crippen molar-refractivity contribution in [1.82, 2.24) is 5.32 Å². The van der Waals surface area contributed by atoms with E-state index in [0.29, 0.717) is 12.4 Å². The summed E-state index contributed by atoms with van der Waals surface area (Å²) in [5, 5.41) is 11.9. The van der Waals surface area contributed by atoms with Crippen molar-refractivity contribution in [1.29, 1.82) is 0 Å². The van der Waals surface area contributed by atoms with E-state index in [0.717, 1.165) is 23.3 Å². The molecule has 4 nitrogen and oxygen atoms in total. The number of nitrogens with one attached hydrogen (secondary N) is 1. The number of aliphatic hydroxyl groups excluding tert-OH is 1. The van der Waals surface area contributed by atoms with Crippen molar-refractivity contribution in [2.75, 3.05) is 13.2 Å². The van der Waals surface area contributed by atoms with Gasteiger partial charge >= 0.3 is 0 Å². The van der Waals surface area contributed by atoms with Crippen LogP contribution < -0.4 is 5.32 Å². The number of nitrogens with zero attached hydrogens (tertiary/aromatic N) is 2. The van der Waals surface area contributed by atoms with Gasteiger partial charge in [0.1, 0.15) is 5.84 Å². The largest absolute Gasteiger partial charge is 0.394 e. The Hall–Kier alpha value is -1.94. The first kappa shape index (κ1) is 23.3. The summed E-state index contributed by atoms with van der Waals surface area (Å²) < 4.78 is 0. The molecule has 0 spiro atoms. The van der Waals surface area contributed by atoms with Gasteiger partial charge in [-0.15, -0.1) is 0 Å². The van der Waals surface area contributed by atoms with Gasteiger partial charge in [-0.2, -0.15) is 0 Å². The van der Waals surface area contributed by atoms with Crippen molar-refractivity contribution in [2.24, 2.45) is 9.98 Å². The lowest BCUT2D eigenvalue weighted by atomic mass is 10.1. The molecule has 0 unspecified atom stereocenters. The molecule has 0 aromatic heterocycles. The van der Waals surface area contributed by atoms with Crippen LogP contribution in [0, 0.1) is 0 Å². The first-order valence-electron chi connectivity index (χ1n) is 8.18. The maximum Gasteiger partial charge on any atom is 0.146 e. The van der Waals surface area contributed by atoms with Gasteiger partial charge in [0.2, 0.25) is 0 Å². The van der Waals surface area contributed by atoms with Crippen molar-refractivity contribution < 1.29 is 5.11 Å². The molecule has 0 saturated carbocycles. The number of allylic oxidation sites excluding steroid dienone is 5. The van der Waals surface area contributed by atoms with Crippen LogP contribution in [0.1, 0.15) is 48.0 Å². The summed E-state index contributed by atoms with van der Waals surface area (Å²) in [5.74, 6) is 0.658. The van der Waals surface area contributed by atoms with Crippen molar-refractivity contribution in [3.05, 3.63) is 48.4 Å². The Morgan fingerprint density at radius 3 is 2.39 bits per heavy atom. The fraction of sp³-hybridized carbons (Fsp3) is 0.474. The van der Waals surface area contributed by atoms with E-state index in [1.807, 2.05) is 53.0 Å². The van der Waals surface area contributed by atoms with E-state index in [1.54, 1.807) is 6.20 Å². The molecule has 0 aliphatic carbocycles. The molecule has 0 aromatic carbocycles. The summed E-state index contributed by atoms with van der Waals surface area (Å²) in [4.78, 5) is 8.71. The van der Waals surface area contributed by atoms with Gasteiger partial charge in [-0.3, -0.25) is 9.98 Å². The molecule has 130 valence electrons. The molecule has 0 saturated heterocycles. The molecule has 23 heavy (non-hydrogen) atoms. The van der Waals surface area contributed by atoms with Gasteiger partial charge < -0.3 is 10.4 Å².